The van der Waals surface area contributed by atoms with Gasteiger partial charge in [0, 0.05) is 7.11 Å². The number of aliphatic carboxylic acids is 1. The summed E-state index contributed by atoms with van der Waals surface area (Å²) in [4.78, 5) is 16.6. The van der Waals surface area contributed by atoms with Crippen molar-refractivity contribution in [2.75, 3.05) is 12.4 Å². The van der Waals surface area contributed by atoms with E-state index in [1.54, 1.807) is 24.3 Å². The lowest BCUT2D eigenvalue weighted by Gasteiger charge is -2.35. The molecule has 0 amide bonds. The summed E-state index contributed by atoms with van der Waals surface area (Å²) in [5.41, 5.74) is 0.913. The van der Waals surface area contributed by atoms with Crippen molar-refractivity contribution >= 4 is 38.2 Å². The number of nitrogens with one attached hydrogen (secondary N) is 1. The molecule has 0 spiro atoms. The van der Waals surface area contributed by atoms with Crippen LogP contribution >= 0.6 is 11.3 Å². The molecule has 2 N–H and O–H groups in total. The Bertz CT molecular complexity index is 1090. The number of methoxy groups -OCH3 is 1. The van der Waals surface area contributed by atoms with Gasteiger partial charge in [-0.1, -0.05) is 47.7 Å². The minimum Gasteiger partial charge on any atom is -0.479 e. The van der Waals surface area contributed by atoms with Gasteiger partial charge in [-0.15, -0.1) is 0 Å². The summed E-state index contributed by atoms with van der Waals surface area (Å²) in [7, 11) is 1.47. The van der Waals surface area contributed by atoms with E-state index in [2.05, 4.69) is 10.3 Å². The van der Waals surface area contributed by atoms with Gasteiger partial charge < -0.3 is 15.2 Å². The minimum atomic E-state index is -1.53. The van der Waals surface area contributed by atoms with Gasteiger partial charge in [-0.05, 0) is 41.5 Å². The fourth-order valence-electron chi connectivity index (χ4n) is 3.23. The van der Waals surface area contributed by atoms with Crippen LogP contribution in [0.3, 0.4) is 0 Å². The highest BCUT2D eigenvalue weighted by atomic mass is 32.1. The van der Waals surface area contributed by atoms with Crippen LogP contribution in [0.25, 0.3) is 15.8 Å². The van der Waals surface area contributed by atoms with Crippen LogP contribution in [0.1, 0.15) is 5.56 Å². The van der Waals surface area contributed by atoms with Crippen LogP contribution in [0.15, 0.2) is 66.8 Å². The molecule has 5 nitrogen and oxygen atoms in total. The van der Waals surface area contributed by atoms with E-state index in [4.69, 9.17) is 4.74 Å². The first-order chi connectivity index (χ1) is 13.5. The van der Waals surface area contributed by atoms with Gasteiger partial charge in [0.2, 0.25) is 0 Å². The molecular formula is C21H17FN2O3S. The monoisotopic (exact) mass is 396 g/mol. The van der Waals surface area contributed by atoms with Crippen molar-refractivity contribution in [1.29, 1.82) is 0 Å². The number of rotatable bonds is 5. The summed E-state index contributed by atoms with van der Waals surface area (Å²) in [6.45, 7) is 0. The number of ether oxygens (including phenoxy) is 1. The van der Waals surface area contributed by atoms with Gasteiger partial charge in [-0.3, -0.25) is 0 Å². The molecule has 1 aliphatic rings. The lowest BCUT2D eigenvalue weighted by molar-refractivity contribution is -0.143. The SMILES string of the molecule is COC1C=C(c2ccccc2)C=CC1(Nc1nc2ccc(F)cc2s1)C(=O)O. The Morgan fingerprint density at radius 2 is 2.07 bits per heavy atom. The Morgan fingerprint density at radius 1 is 1.29 bits per heavy atom. The topological polar surface area (TPSA) is 71.5 Å². The molecule has 0 fully saturated rings. The Morgan fingerprint density at radius 3 is 2.79 bits per heavy atom. The standard InChI is InChI=1S/C21H17FN2O3S/c1-27-18-11-14(13-5-3-2-4-6-13)9-10-21(18,19(25)26)24-20-23-16-8-7-15(22)12-17(16)28-20/h2-12,18H,1H3,(H,23,24)(H,25,26). The van der Waals surface area contributed by atoms with E-state index >= 15 is 0 Å². The summed E-state index contributed by atoms with van der Waals surface area (Å²) < 4.78 is 19.6. The van der Waals surface area contributed by atoms with Crippen LogP contribution in [0.5, 0.6) is 0 Å². The number of carbonyl (C=O) groups is 1. The second-order valence-corrected chi connectivity index (χ2v) is 7.44. The number of hydrogen-bond acceptors (Lipinski definition) is 5. The molecule has 0 saturated carbocycles. The van der Waals surface area contributed by atoms with E-state index in [0.717, 1.165) is 11.1 Å². The van der Waals surface area contributed by atoms with Crippen LogP contribution in [0.2, 0.25) is 0 Å². The third-order valence-electron chi connectivity index (χ3n) is 4.68. The van der Waals surface area contributed by atoms with Crippen molar-refractivity contribution in [1.82, 2.24) is 4.98 Å². The second-order valence-electron chi connectivity index (χ2n) is 6.41. The molecule has 2 unspecified atom stereocenters. The summed E-state index contributed by atoms with van der Waals surface area (Å²) in [5.74, 6) is -1.46. The van der Waals surface area contributed by atoms with E-state index in [9.17, 15) is 14.3 Å². The highest BCUT2D eigenvalue weighted by Crippen LogP contribution is 2.35. The molecule has 142 valence electrons. The first kappa shape index (κ1) is 18.3. The van der Waals surface area contributed by atoms with Gasteiger partial charge in [0.15, 0.2) is 10.7 Å². The zero-order chi connectivity index (χ0) is 19.7. The van der Waals surface area contributed by atoms with Crippen molar-refractivity contribution in [2.45, 2.75) is 11.6 Å². The molecule has 0 radical (unpaired) electrons. The van der Waals surface area contributed by atoms with Crippen LogP contribution in [-0.2, 0) is 9.53 Å². The highest BCUT2D eigenvalue weighted by molar-refractivity contribution is 7.22. The van der Waals surface area contributed by atoms with Gasteiger partial charge in [0.05, 0.1) is 10.2 Å². The normalized spacial score (nSPS) is 21.5. The van der Waals surface area contributed by atoms with Crippen LogP contribution < -0.4 is 5.32 Å². The predicted molar refractivity (Wildman–Crippen MR) is 108 cm³/mol. The van der Waals surface area contributed by atoms with Crippen molar-refractivity contribution in [3.05, 3.63) is 78.1 Å². The molecule has 3 aromatic rings. The molecule has 1 heterocycles. The van der Waals surface area contributed by atoms with E-state index in [-0.39, 0.29) is 5.82 Å². The summed E-state index contributed by atoms with van der Waals surface area (Å²) in [6, 6.07) is 13.9. The molecule has 2 atom stereocenters. The molecule has 1 aliphatic carbocycles. The largest absolute Gasteiger partial charge is 0.479 e. The van der Waals surface area contributed by atoms with Crippen LogP contribution in [0, 0.1) is 5.82 Å². The number of halogens is 1. The number of allylic oxidation sites excluding steroid dienone is 2. The predicted octanol–water partition coefficient (Wildman–Crippen LogP) is 4.34. The number of carboxylic acid groups (broad SMARTS) is 1. The third kappa shape index (κ3) is 3.19. The van der Waals surface area contributed by atoms with Crippen LogP contribution in [0.4, 0.5) is 9.52 Å². The molecule has 0 bridgehead atoms. The second kappa shape index (κ2) is 7.18. The number of benzene rings is 2. The number of carboxylic acids is 1. The number of thiazole rings is 1. The van der Waals surface area contributed by atoms with Gasteiger partial charge in [-0.2, -0.15) is 0 Å². The number of nitrogens with zero attached hydrogens (tertiary/aromatic N) is 1. The zero-order valence-electron chi connectivity index (χ0n) is 14.9. The quantitative estimate of drug-likeness (QED) is 0.671. The maximum atomic E-state index is 13.5. The average Bonchev–Trinajstić information content (AvgIpc) is 3.09. The Labute approximate surface area is 164 Å². The molecule has 2 aromatic carbocycles. The van der Waals surface area contributed by atoms with Gasteiger partial charge in [-0.25, -0.2) is 14.2 Å². The maximum absolute atomic E-state index is 13.5. The molecule has 28 heavy (non-hydrogen) atoms. The first-order valence-electron chi connectivity index (χ1n) is 8.59. The molecule has 1 aromatic heterocycles. The van der Waals surface area contributed by atoms with E-state index in [1.807, 2.05) is 30.3 Å². The highest BCUT2D eigenvalue weighted by Gasteiger charge is 2.46. The zero-order valence-corrected chi connectivity index (χ0v) is 15.7. The Balaban J connectivity index is 1.72. The lowest BCUT2D eigenvalue weighted by Crippen LogP contribution is -2.55. The molecular weight excluding hydrogens is 379 g/mol. The van der Waals surface area contributed by atoms with E-state index in [0.29, 0.717) is 15.3 Å². The minimum absolute atomic E-state index is 0.363. The Kier molecular flexibility index (Phi) is 4.70. The smallest absolute Gasteiger partial charge is 0.336 e. The number of aromatic nitrogens is 1. The van der Waals surface area contributed by atoms with Gasteiger partial charge in [0.1, 0.15) is 11.9 Å². The van der Waals surface area contributed by atoms with Crippen molar-refractivity contribution in [3.63, 3.8) is 0 Å². The molecule has 0 saturated heterocycles. The van der Waals surface area contributed by atoms with Gasteiger partial charge >= 0.3 is 5.97 Å². The van der Waals surface area contributed by atoms with E-state index in [1.165, 1.54) is 30.6 Å². The average molecular weight is 396 g/mol. The van der Waals surface area contributed by atoms with Crippen molar-refractivity contribution in [2.24, 2.45) is 0 Å². The summed E-state index contributed by atoms with van der Waals surface area (Å²) in [5, 5.41) is 13.4. The van der Waals surface area contributed by atoms with Crippen molar-refractivity contribution < 1.29 is 19.0 Å². The summed E-state index contributed by atoms with van der Waals surface area (Å²) in [6.07, 6.45) is 4.36. The number of fused-ring (bicyclic) bond motifs is 1. The Hall–Kier alpha value is -3.03. The fraction of sp³-hybridized carbons (Fsp3) is 0.143. The molecule has 7 heteroatoms. The molecule has 4 rings (SSSR count). The van der Waals surface area contributed by atoms with Crippen molar-refractivity contribution in [3.8, 4) is 0 Å². The van der Waals surface area contributed by atoms with E-state index < -0.39 is 17.6 Å². The van der Waals surface area contributed by atoms with Crippen LogP contribution in [-0.4, -0.2) is 34.8 Å². The van der Waals surface area contributed by atoms with Gasteiger partial charge in [0.25, 0.3) is 0 Å². The first-order valence-corrected chi connectivity index (χ1v) is 9.40. The molecule has 0 aliphatic heterocycles. The fourth-order valence-corrected chi connectivity index (χ4v) is 4.19. The number of hydrogen-bond donors (Lipinski definition) is 2. The summed E-state index contributed by atoms with van der Waals surface area (Å²) >= 11 is 1.20. The number of anilines is 1. The lowest BCUT2D eigenvalue weighted by atomic mass is 9.84. The third-order valence-corrected chi connectivity index (χ3v) is 5.62. The maximum Gasteiger partial charge on any atom is 0.336 e.